The first kappa shape index (κ1) is 17.7. The van der Waals surface area contributed by atoms with E-state index >= 15 is 0 Å². The van der Waals surface area contributed by atoms with Crippen LogP contribution < -0.4 is 10.3 Å². The molecule has 1 aliphatic rings. The van der Waals surface area contributed by atoms with Crippen LogP contribution in [0, 0.1) is 5.92 Å². The van der Waals surface area contributed by atoms with Gasteiger partial charge in [0.05, 0.1) is 4.90 Å². The van der Waals surface area contributed by atoms with Crippen molar-refractivity contribution in [3.05, 3.63) is 76.3 Å². The summed E-state index contributed by atoms with van der Waals surface area (Å²) >= 11 is 0. The lowest BCUT2D eigenvalue weighted by molar-refractivity contribution is 0.446. The van der Waals surface area contributed by atoms with Crippen molar-refractivity contribution in [3.63, 3.8) is 0 Å². The summed E-state index contributed by atoms with van der Waals surface area (Å²) in [6, 6.07) is 13.7. The van der Waals surface area contributed by atoms with E-state index in [1.807, 2.05) is 6.07 Å². The Kier molecular flexibility index (Phi) is 4.67. The molecular formula is C19H20N4O3S. The fourth-order valence-electron chi connectivity index (χ4n) is 3.41. The summed E-state index contributed by atoms with van der Waals surface area (Å²) in [6.07, 6.45) is 3.71. The molecule has 0 amide bonds. The van der Waals surface area contributed by atoms with E-state index in [0.29, 0.717) is 25.2 Å². The minimum Gasteiger partial charge on any atom is -0.293 e. The Hall–Kier alpha value is -2.71. The predicted molar refractivity (Wildman–Crippen MR) is 101 cm³/mol. The molecule has 1 unspecified atom stereocenters. The van der Waals surface area contributed by atoms with Gasteiger partial charge in [-0.15, -0.1) is 0 Å². The standard InChI is InChI=1S/C19H20N4O3S/c24-19-16-12-14(13-21-27(25,26)15-6-2-1-3-7-15)9-10-17(16)22-23(19)18-8-4-5-11-20-18/h1-8,11,14,21-22H,9-10,12-13H2. The molecule has 0 fully saturated rings. The van der Waals surface area contributed by atoms with Gasteiger partial charge < -0.3 is 0 Å². The maximum Gasteiger partial charge on any atom is 0.276 e. The molecule has 2 aromatic heterocycles. The van der Waals surface area contributed by atoms with Crippen LogP contribution in [0.25, 0.3) is 5.82 Å². The van der Waals surface area contributed by atoms with Crippen molar-refractivity contribution in [2.24, 2.45) is 5.92 Å². The lowest BCUT2D eigenvalue weighted by atomic mass is 9.88. The Labute approximate surface area is 157 Å². The fourth-order valence-corrected chi connectivity index (χ4v) is 4.54. The predicted octanol–water partition coefficient (Wildman–Crippen LogP) is 1.64. The smallest absolute Gasteiger partial charge is 0.276 e. The summed E-state index contributed by atoms with van der Waals surface area (Å²) in [4.78, 5) is 17.2. The van der Waals surface area contributed by atoms with Crippen molar-refractivity contribution in [2.75, 3.05) is 6.54 Å². The van der Waals surface area contributed by atoms with Gasteiger partial charge in [-0.25, -0.2) is 22.8 Å². The number of fused-ring (bicyclic) bond motifs is 1. The van der Waals surface area contributed by atoms with Crippen LogP contribution in [-0.4, -0.2) is 29.7 Å². The molecule has 0 bridgehead atoms. The highest BCUT2D eigenvalue weighted by atomic mass is 32.2. The van der Waals surface area contributed by atoms with Gasteiger partial charge >= 0.3 is 0 Å². The molecule has 4 rings (SSSR count). The van der Waals surface area contributed by atoms with Crippen molar-refractivity contribution < 1.29 is 8.42 Å². The Balaban J connectivity index is 1.49. The van der Waals surface area contributed by atoms with Crippen molar-refractivity contribution in [1.29, 1.82) is 0 Å². The van der Waals surface area contributed by atoms with Gasteiger partial charge in [0.15, 0.2) is 5.82 Å². The molecular weight excluding hydrogens is 364 g/mol. The fraction of sp³-hybridized carbons (Fsp3) is 0.263. The molecule has 2 heterocycles. The topological polar surface area (TPSA) is 96.8 Å². The van der Waals surface area contributed by atoms with Crippen LogP contribution >= 0.6 is 0 Å². The van der Waals surface area contributed by atoms with Gasteiger partial charge in [0.1, 0.15) is 0 Å². The lowest BCUT2D eigenvalue weighted by Crippen LogP contribution is -2.33. The van der Waals surface area contributed by atoms with Crippen LogP contribution in [0.1, 0.15) is 17.7 Å². The third kappa shape index (κ3) is 3.58. The number of hydrogen-bond donors (Lipinski definition) is 2. The van der Waals surface area contributed by atoms with Crippen LogP contribution in [0.3, 0.4) is 0 Å². The number of sulfonamides is 1. The van der Waals surface area contributed by atoms with Gasteiger partial charge in [0.2, 0.25) is 10.0 Å². The molecule has 140 valence electrons. The number of rotatable bonds is 5. The Bertz CT molecular complexity index is 1090. The van der Waals surface area contributed by atoms with Crippen LogP contribution in [0.2, 0.25) is 0 Å². The molecule has 0 aliphatic heterocycles. The highest BCUT2D eigenvalue weighted by Gasteiger charge is 2.26. The average molecular weight is 384 g/mol. The van der Waals surface area contributed by atoms with Gasteiger partial charge in [-0.3, -0.25) is 9.89 Å². The number of aryl methyl sites for hydroxylation is 1. The minimum atomic E-state index is -3.54. The second kappa shape index (κ2) is 7.13. The minimum absolute atomic E-state index is 0.0802. The number of H-pyrrole nitrogens is 1. The van der Waals surface area contributed by atoms with Gasteiger partial charge in [0, 0.05) is 24.0 Å². The molecule has 0 saturated carbocycles. The molecule has 0 saturated heterocycles. The molecule has 2 N–H and O–H groups in total. The Morgan fingerprint density at radius 2 is 1.93 bits per heavy atom. The summed E-state index contributed by atoms with van der Waals surface area (Å²) in [7, 11) is -3.54. The summed E-state index contributed by atoms with van der Waals surface area (Å²) < 4.78 is 28.9. The highest BCUT2D eigenvalue weighted by Crippen LogP contribution is 2.23. The van der Waals surface area contributed by atoms with Gasteiger partial charge in [-0.05, 0) is 49.4 Å². The van der Waals surface area contributed by atoms with Gasteiger partial charge in [-0.1, -0.05) is 24.3 Å². The zero-order chi connectivity index (χ0) is 18.9. The first-order chi connectivity index (χ1) is 13.0. The SMILES string of the molecule is O=c1c2c([nH]n1-c1ccccn1)CCC(CNS(=O)(=O)c1ccccc1)C2. The van der Waals surface area contributed by atoms with E-state index in [4.69, 9.17) is 0 Å². The maximum absolute atomic E-state index is 12.7. The quantitative estimate of drug-likeness (QED) is 0.699. The van der Waals surface area contributed by atoms with Gasteiger partial charge in [-0.2, -0.15) is 0 Å². The summed E-state index contributed by atoms with van der Waals surface area (Å²) in [5.74, 6) is 0.634. The maximum atomic E-state index is 12.7. The molecule has 27 heavy (non-hydrogen) atoms. The van der Waals surface area contributed by atoms with E-state index in [9.17, 15) is 13.2 Å². The second-order valence-corrected chi connectivity index (χ2v) is 8.44. The number of aromatic amines is 1. The molecule has 8 heteroatoms. The Morgan fingerprint density at radius 1 is 1.15 bits per heavy atom. The average Bonchev–Trinajstić information content (AvgIpc) is 3.04. The molecule has 7 nitrogen and oxygen atoms in total. The Morgan fingerprint density at radius 3 is 2.67 bits per heavy atom. The largest absolute Gasteiger partial charge is 0.293 e. The first-order valence-corrected chi connectivity index (χ1v) is 10.3. The normalized spacial score (nSPS) is 16.8. The summed E-state index contributed by atoms with van der Waals surface area (Å²) in [5.41, 5.74) is 1.52. The van der Waals surface area contributed by atoms with Gasteiger partial charge in [0.25, 0.3) is 5.56 Å². The number of aromatic nitrogens is 3. The molecule has 1 aliphatic carbocycles. The number of pyridine rings is 1. The highest BCUT2D eigenvalue weighted by molar-refractivity contribution is 7.89. The van der Waals surface area contributed by atoms with E-state index in [1.54, 1.807) is 48.7 Å². The van der Waals surface area contributed by atoms with Crippen LogP contribution in [-0.2, 0) is 22.9 Å². The van der Waals surface area contributed by atoms with E-state index in [-0.39, 0.29) is 16.4 Å². The second-order valence-electron chi connectivity index (χ2n) is 6.67. The van der Waals surface area contributed by atoms with E-state index in [2.05, 4.69) is 14.8 Å². The van der Waals surface area contributed by atoms with Crippen molar-refractivity contribution in [3.8, 4) is 5.82 Å². The van der Waals surface area contributed by atoms with E-state index in [0.717, 1.165) is 17.7 Å². The van der Waals surface area contributed by atoms with Crippen molar-refractivity contribution >= 4 is 10.0 Å². The third-order valence-electron chi connectivity index (χ3n) is 4.86. The van der Waals surface area contributed by atoms with Crippen LogP contribution in [0.15, 0.2) is 64.4 Å². The lowest BCUT2D eigenvalue weighted by Gasteiger charge is -2.21. The summed E-state index contributed by atoms with van der Waals surface area (Å²) in [5, 5.41) is 3.14. The molecule has 0 spiro atoms. The zero-order valence-electron chi connectivity index (χ0n) is 14.6. The zero-order valence-corrected chi connectivity index (χ0v) is 15.4. The summed E-state index contributed by atoms with van der Waals surface area (Å²) in [6.45, 7) is 0.310. The van der Waals surface area contributed by atoms with Crippen LogP contribution in [0.4, 0.5) is 0 Å². The van der Waals surface area contributed by atoms with Crippen molar-refractivity contribution in [1.82, 2.24) is 19.5 Å². The van der Waals surface area contributed by atoms with E-state index < -0.39 is 10.0 Å². The number of benzene rings is 1. The third-order valence-corrected chi connectivity index (χ3v) is 6.30. The number of hydrogen-bond acceptors (Lipinski definition) is 4. The first-order valence-electron chi connectivity index (χ1n) is 8.83. The molecule has 1 atom stereocenters. The molecule has 0 radical (unpaired) electrons. The van der Waals surface area contributed by atoms with Crippen molar-refractivity contribution in [2.45, 2.75) is 24.2 Å². The number of nitrogens with one attached hydrogen (secondary N) is 2. The van der Waals surface area contributed by atoms with Crippen LogP contribution in [0.5, 0.6) is 0 Å². The number of nitrogens with zero attached hydrogens (tertiary/aromatic N) is 2. The monoisotopic (exact) mass is 384 g/mol. The molecule has 1 aromatic carbocycles. The van der Waals surface area contributed by atoms with E-state index in [1.165, 1.54) is 4.68 Å². The molecule has 3 aromatic rings.